The van der Waals surface area contributed by atoms with Gasteiger partial charge in [0.2, 0.25) is 0 Å². The van der Waals surface area contributed by atoms with Crippen molar-refractivity contribution in [1.29, 1.82) is 0 Å². The van der Waals surface area contributed by atoms with Crippen LogP contribution in [0.2, 0.25) is 0 Å². The van der Waals surface area contributed by atoms with Crippen molar-refractivity contribution in [3.63, 3.8) is 0 Å². The van der Waals surface area contributed by atoms with E-state index in [0.717, 1.165) is 11.4 Å². The molecule has 2 heterocycles. The number of aryl methyl sites for hydroxylation is 1. The molecule has 0 saturated heterocycles. The van der Waals surface area contributed by atoms with Crippen LogP contribution in [0.1, 0.15) is 34.7 Å². The molecule has 0 aliphatic carbocycles. The fourth-order valence-corrected chi connectivity index (χ4v) is 3.30. The number of carbonyl (C=O) groups is 1. The molecule has 0 unspecified atom stereocenters. The van der Waals surface area contributed by atoms with E-state index < -0.39 is 0 Å². The summed E-state index contributed by atoms with van der Waals surface area (Å²) in [4.78, 5) is 14.6. The van der Waals surface area contributed by atoms with Crippen LogP contribution in [0.25, 0.3) is 0 Å². The zero-order chi connectivity index (χ0) is 19.0. The Morgan fingerprint density at radius 1 is 1.15 bits per heavy atom. The summed E-state index contributed by atoms with van der Waals surface area (Å²) in [7, 11) is 0. The van der Waals surface area contributed by atoms with Crippen molar-refractivity contribution in [2.24, 2.45) is 0 Å². The van der Waals surface area contributed by atoms with Gasteiger partial charge >= 0.3 is 0 Å². The average Bonchev–Trinajstić information content (AvgIpc) is 3.10. The second kappa shape index (κ2) is 6.87. The third kappa shape index (κ3) is 3.43. The fourth-order valence-electron chi connectivity index (χ4n) is 3.30. The van der Waals surface area contributed by atoms with Crippen LogP contribution in [-0.4, -0.2) is 22.2 Å². The van der Waals surface area contributed by atoms with Crippen molar-refractivity contribution in [3.8, 4) is 0 Å². The minimum absolute atomic E-state index is 0.0378. The van der Waals surface area contributed by atoms with Crippen molar-refractivity contribution in [1.82, 2.24) is 9.78 Å². The topological polar surface area (TPSA) is 50.2 Å². The molecular weight excluding hydrogens is 343 g/mol. The molecule has 3 aromatic rings. The van der Waals surface area contributed by atoms with Crippen LogP contribution in [0.5, 0.6) is 0 Å². The van der Waals surface area contributed by atoms with Gasteiger partial charge in [-0.3, -0.25) is 9.48 Å². The molecule has 0 radical (unpaired) electrons. The zero-order valence-corrected chi connectivity index (χ0v) is 15.3. The Labute approximate surface area is 157 Å². The van der Waals surface area contributed by atoms with Gasteiger partial charge in [0.1, 0.15) is 11.5 Å². The molecule has 4 rings (SSSR count). The molecule has 0 bridgehead atoms. The van der Waals surface area contributed by atoms with Crippen molar-refractivity contribution in [2.75, 3.05) is 16.8 Å². The van der Waals surface area contributed by atoms with E-state index in [0.29, 0.717) is 24.5 Å². The number of fused-ring (bicyclic) bond motifs is 1. The van der Waals surface area contributed by atoms with Crippen molar-refractivity contribution < 1.29 is 9.18 Å². The number of amides is 1. The molecular formula is C21H21FN4O. The number of nitrogens with zero attached hydrogens (tertiary/aromatic N) is 3. The van der Waals surface area contributed by atoms with E-state index in [9.17, 15) is 9.18 Å². The minimum atomic E-state index is -0.314. The molecule has 2 aromatic carbocycles. The van der Waals surface area contributed by atoms with Crippen LogP contribution < -0.4 is 10.2 Å². The van der Waals surface area contributed by atoms with Gasteiger partial charge in [-0.05, 0) is 56.3 Å². The van der Waals surface area contributed by atoms with E-state index in [1.54, 1.807) is 21.7 Å². The van der Waals surface area contributed by atoms with E-state index >= 15 is 0 Å². The van der Waals surface area contributed by atoms with Crippen molar-refractivity contribution in [2.45, 2.75) is 26.4 Å². The lowest BCUT2D eigenvalue weighted by Gasteiger charge is -2.31. The molecule has 27 heavy (non-hydrogen) atoms. The Kier molecular flexibility index (Phi) is 4.39. The number of hydrogen-bond acceptors (Lipinski definition) is 3. The summed E-state index contributed by atoms with van der Waals surface area (Å²) in [6.45, 7) is 5.12. The smallest absolute Gasteiger partial charge is 0.276 e. The van der Waals surface area contributed by atoms with E-state index in [2.05, 4.69) is 10.4 Å². The number of rotatable bonds is 4. The molecule has 0 spiro atoms. The lowest BCUT2D eigenvalue weighted by atomic mass is 10.1. The van der Waals surface area contributed by atoms with Crippen molar-refractivity contribution in [3.05, 3.63) is 77.4 Å². The van der Waals surface area contributed by atoms with E-state index in [1.165, 1.54) is 17.7 Å². The van der Waals surface area contributed by atoms with Gasteiger partial charge in [0.15, 0.2) is 0 Å². The van der Waals surface area contributed by atoms with Gasteiger partial charge in [-0.25, -0.2) is 4.39 Å². The quantitative estimate of drug-likeness (QED) is 0.756. The number of benzene rings is 2. The van der Waals surface area contributed by atoms with Crippen LogP contribution in [-0.2, 0) is 6.54 Å². The highest BCUT2D eigenvalue weighted by atomic mass is 19.1. The second-order valence-electron chi connectivity index (χ2n) is 6.93. The summed E-state index contributed by atoms with van der Waals surface area (Å²) >= 11 is 0. The van der Waals surface area contributed by atoms with Crippen molar-refractivity contribution >= 4 is 17.3 Å². The molecule has 6 heteroatoms. The van der Waals surface area contributed by atoms with Gasteiger partial charge in [0, 0.05) is 17.9 Å². The lowest BCUT2D eigenvalue weighted by molar-refractivity contribution is 0.0953. The average molecular weight is 364 g/mol. The number of aromatic nitrogens is 2. The summed E-state index contributed by atoms with van der Waals surface area (Å²) in [5.74, 6) is -0.431. The first-order chi connectivity index (χ1) is 13.0. The Bertz CT molecular complexity index is 963. The molecule has 0 fully saturated rings. The standard InChI is InChI=1S/C21H21FN4O/c1-14-3-7-17(8-4-14)23-12-18-11-20-21(27)25(13-15(2)26(20)24-18)19-9-5-16(22)6-10-19/h3-11,15,23H,12-13H2,1-2H3/t15-/m0/s1. The van der Waals surface area contributed by atoms with Gasteiger partial charge in [-0.2, -0.15) is 5.10 Å². The maximum Gasteiger partial charge on any atom is 0.276 e. The van der Waals surface area contributed by atoms with E-state index in [4.69, 9.17) is 0 Å². The summed E-state index contributed by atoms with van der Waals surface area (Å²) in [6.07, 6.45) is 0. The maximum absolute atomic E-state index is 13.2. The lowest BCUT2D eigenvalue weighted by Crippen LogP contribution is -2.42. The third-order valence-corrected chi connectivity index (χ3v) is 4.78. The number of nitrogens with one attached hydrogen (secondary N) is 1. The highest BCUT2D eigenvalue weighted by Crippen LogP contribution is 2.27. The van der Waals surface area contributed by atoms with Crippen LogP contribution >= 0.6 is 0 Å². The summed E-state index contributed by atoms with van der Waals surface area (Å²) in [5, 5.41) is 7.94. The van der Waals surface area contributed by atoms with Gasteiger partial charge in [0.25, 0.3) is 5.91 Å². The summed E-state index contributed by atoms with van der Waals surface area (Å²) < 4.78 is 15.0. The van der Waals surface area contributed by atoms with Crippen LogP contribution in [0.3, 0.4) is 0 Å². The van der Waals surface area contributed by atoms with Crippen LogP contribution in [0.15, 0.2) is 54.6 Å². The Hall–Kier alpha value is -3.15. The first-order valence-corrected chi connectivity index (χ1v) is 8.97. The minimum Gasteiger partial charge on any atom is -0.379 e. The fraction of sp³-hybridized carbons (Fsp3) is 0.238. The molecule has 1 amide bonds. The second-order valence-corrected chi connectivity index (χ2v) is 6.93. The number of halogens is 1. The number of carbonyl (C=O) groups excluding carboxylic acids is 1. The van der Waals surface area contributed by atoms with Gasteiger partial charge in [-0.1, -0.05) is 17.7 Å². The highest BCUT2D eigenvalue weighted by Gasteiger charge is 2.31. The Morgan fingerprint density at radius 2 is 1.85 bits per heavy atom. The summed E-state index contributed by atoms with van der Waals surface area (Å²) in [6, 6.07) is 16.0. The van der Waals surface area contributed by atoms with Crippen LogP contribution in [0.4, 0.5) is 15.8 Å². The van der Waals surface area contributed by atoms with Gasteiger partial charge in [0.05, 0.1) is 18.3 Å². The largest absolute Gasteiger partial charge is 0.379 e. The molecule has 1 aromatic heterocycles. The molecule has 138 valence electrons. The van der Waals surface area contributed by atoms with Gasteiger partial charge < -0.3 is 10.2 Å². The molecule has 1 N–H and O–H groups in total. The van der Waals surface area contributed by atoms with Gasteiger partial charge in [-0.15, -0.1) is 0 Å². The van der Waals surface area contributed by atoms with Crippen LogP contribution in [0, 0.1) is 12.7 Å². The first-order valence-electron chi connectivity index (χ1n) is 8.97. The normalized spacial score (nSPS) is 16.3. The Balaban J connectivity index is 1.54. The molecule has 1 atom stereocenters. The molecule has 1 aliphatic heterocycles. The SMILES string of the molecule is Cc1ccc(NCc2cc3n(n2)[C@@H](C)CN(c2ccc(F)cc2)C3=O)cc1. The maximum atomic E-state index is 13.2. The van der Waals surface area contributed by atoms with E-state index in [1.807, 2.05) is 44.2 Å². The molecule has 1 aliphatic rings. The number of hydrogen-bond donors (Lipinski definition) is 1. The highest BCUT2D eigenvalue weighted by molar-refractivity contribution is 6.05. The third-order valence-electron chi connectivity index (χ3n) is 4.78. The zero-order valence-electron chi connectivity index (χ0n) is 15.3. The Morgan fingerprint density at radius 3 is 2.56 bits per heavy atom. The predicted molar refractivity (Wildman–Crippen MR) is 104 cm³/mol. The van der Waals surface area contributed by atoms with E-state index in [-0.39, 0.29) is 17.8 Å². The number of anilines is 2. The first kappa shape index (κ1) is 17.3. The molecule has 5 nitrogen and oxygen atoms in total. The molecule has 0 saturated carbocycles. The predicted octanol–water partition coefficient (Wildman–Crippen LogP) is 4.16. The monoisotopic (exact) mass is 364 g/mol. The summed E-state index contributed by atoms with van der Waals surface area (Å²) in [5.41, 5.74) is 4.28.